The maximum Gasteiger partial charge on any atom is 0.271 e. The summed E-state index contributed by atoms with van der Waals surface area (Å²) in [4.78, 5) is 19.3. The zero-order valence-electron chi connectivity index (χ0n) is 17.5. The van der Waals surface area contributed by atoms with Crippen molar-refractivity contribution in [3.8, 4) is 5.75 Å². The molecule has 1 aliphatic carbocycles. The van der Waals surface area contributed by atoms with Crippen LogP contribution in [0.25, 0.3) is 11.8 Å². The van der Waals surface area contributed by atoms with E-state index in [9.17, 15) is 9.90 Å². The number of hydrogen-bond donors (Lipinski definition) is 1. The first kappa shape index (κ1) is 20.2. The smallest absolute Gasteiger partial charge is 0.271 e. The molecule has 0 amide bonds. The Morgan fingerprint density at radius 2 is 1.85 bits per heavy atom. The molecule has 6 rings (SSSR count). The molecule has 4 aromatic rings. The minimum Gasteiger partial charge on any atom is -0.508 e. The molecule has 3 aromatic carbocycles. The highest BCUT2D eigenvalue weighted by molar-refractivity contribution is 7.07. The number of benzene rings is 3. The Bertz CT molecular complexity index is 1630. The average Bonchev–Trinajstić information content (AvgIpc) is 3.13. The van der Waals surface area contributed by atoms with Crippen molar-refractivity contribution in [1.29, 1.82) is 0 Å². The van der Waals surface area contributed by atoms with E-state index in [4.69, 9.17) is 16.6 Å². The first-order valence-corrected chi connectivity index (χ1v) is 12.0. The van der Waals surface area contributed by atoms with Gasteiger partial charge in [-0.1, -0.05) is 77.5 Å². The molecule has 1 N–H and O–H groups in total. The van der Waals surface area contributed by atoms with Gasteiger partial charge in [-0.05, 0) is 59.4 Å². The van der Waals surface area contributed by atoms with E-state index >= 15 is 0 Å². The first-order chi connectivity index (χ1) is 16.1. The molecular formula is C27H19ClN2O2S. The van der Waals surface area contributed by atoms with Crippen molar-refractivity contribution in [2.24, 2.45) is 4.99 Å². The summed E-state index contributed by atoms with van der Waals surface area (Å²) >= 11 is 8.03. The molecule has 0 spiro atoms. The minimum absolute atomic E-state index is 0.0996. The van der Waals surface area contributed by atoms with Gasteiger partial charge in [0, 0.05) is 10.6 Å². The minimum atomic E-state index is -0.301. The van der Waals surface area contributed by atoms with Crippen LogP contribution in [0, 0.1) is 0 Å². The number of phenolic OH excluding ortho intramolecular Hbond substituents is 1. The number of nitrogens with zero attached hydrogens (tertiary/aromatic N) is 2. The molecule has 0 saturated heterocycles. The van der Waals surface area contributed by atoms with E-state index in [2.05, 4.69) is 18.2 Å². The predicted octanol–water partition coefficient (Wildman–Crippen LogP) is 4.68. The lowest BCUT2D eigenvalue weighted by molar-refractivity contribution is 0.475. The molecule has 0 radical (unpaired) electrons. The van der Waals surface area contributed by atoms with Gasteiger partial charge < -0.3 is 5.11 Å². The third-order valence-electron chi connectivity index (χ3n) is 6.24. The van der Waals surface area contributed by atoms with Crippen molar-refractivity contribution in [2.45, 2.75) is 18.9 Å². The largest absolute Gasteiger partial charge is 0.508 e. The van der Waals surface area contributed by atoms with Crippen molar-refractivity contribution < 1.29 is 5.11 Å². The van der Waals surface area contributed by atoms with Gasteiger partial charge in [-0.25, -0.2) is 4.99 Å². The molecule has 1 aromatic heterocycles. The molecule has 2 aliphatic rings. The van der Waals surface area contributed by atoms with Gasteiger partial charge in [0.1, 0.15) is 5.75 Å². The highest BCUT2D eigenvalue weighted by Gasteiger charge is 2.33. The summed E-state index contributed by atoms with van der Waals surface area (Å²) in [6.45, 7) is 0. The molecular weight excluding hydrogens is 452 g/mol. The summed E-state index contributed by atoms with van der Waals surface area (Å²) in [7, 11) is 0. The van der Waals surface area contributed by atoms with E-state index in [1.54, 1.807) is 22.8 Å². The van der Waals surface area contributed by atoms with Crippen molar-refractivity contribution >= 4 is 34.7 Å². The molecule has 162 valence electrons. The van der Waals surface area contributed by atoms with Gasteiger partial charge in [-0.15, -0.1) is 0 Å². The average molecular weight is 471 g/mol. The summed E-state index contributed by atoms with van der Waals surface area (Å²) in [5, 5.41) is 10.5. The zero-order chi connectivity index (χ0) is 22.5. The second-order valence-electron chi connectivity index (χ2n) is 8.23. The second-order valence-corrected chi connectivity index (χ2v) is 9.65. The molecule has 6 heteroatoms. The third-order valence-corrected chi connectivity index (χ3v) is 7.57. The fraction of sp³-hybridized carbons (Fsp3) is 0.111. The Morgan fingerprint density at radius 3 is 2.70 bits per heavy atom. The standard InChI is InChI=1S/C27H19ClN2O2S/c28-22-11-4-3-10-20(22)25-21-13-12-17-7-1-2-9-19(17)24(21)29-27-30(25)26(32)23(33-27)15-16-6-5-8-18(31)14-16/h1-11,14-15,25,31H,12-13H2/b23-15-/t25-/m1/s1. The third kappa shape index (κ3) is 3.36. The molecule has 0 bridgehead atoms. The van der Waals surface area contributed by atoms with Crippen LogP contribution in [0.4, 0.5) is 0 Å². The maximum atomic E-state index is 13.7. The van der Waals surface area contributed by atoms with Crippen molar-refractivity contribution in [1.82, 2.24) is 4.57 Å². The number of aryl methyl sites for hydroxylation is 1. The first-order valence-electron chi connectivity index (χ1n) is 10.8. The van der Waals surface area contributed by atoms with E-state index < -0.39 is 0 Å². The van der Waals surface area contributed by atoms with Crippen LogP contribution in [-0.4, -0.2) is 9.67 Å². The predicted molar refractivity (Wildman–Crippen MR) is 132 cm³/mol. The van der Waals surface area contributed by atoms with Crippen LogP contribution in [0.15, 0.2) is 88.2 Å². The Morgan fingerprint density at radius 1 is 1.03 bits per heavy atom. The number of hydrogen-bond acceptors (Lipinski definition) is 4. The molecule has 1 aliphatic heterocycles. The number of aromatic nitrogens is 1. The molecule has 0 unspecified atom stereocenters. The molecule has 0 saturated carbocycles. The van der Waals surface area contributed by atoms with E-state index in [1.165, 1.54) is 16.9 Å². The fourth-order valence-electron chi connectivity index (χ4n) is 4.76. The van der Waals surface area contributed by atoms with Gasteiger partial charge in [0.2, 0.25) is 0 Å². The van der Waals surface area contributed by atoms with Crippen LogP contribution in [0.3, 0.4) is 0 Å². The summed E-state index contributed by atoms with van der Waals surface area (Å²) in [5.74, 6) is 0.164. The zero-order valence-corrected chi connectivity index (χ0v) is 19.1. The summed E-state index contributed by atoms with van der Waals surface area (Å²) in [5.41, 5.74) is 6.05. The van der Waals surface area contributed by atoms with Crippen LogP contribution in [0.2, 0.25) is 5.02 Å². The van der Waals surface area contributed by atoms with Crippen molar-refractivity contribution in [3.05, 3.63) is 125 Å². The summed E-state index contributed by atoms with van der Waals surface area (Å²) < 4.78 is 2.36. The Labute approximate surface area is 199 Å². The fourth-order valence-corrected chi connectivity index (χ4v) is 6.00. The number of phenols is 1. The molecule has 33 heavy (non-hydrogen) atoms. The van der Waals surface area contributed by atoms with Gasteiger partial charge in [-0.3, -0.25) is 9.36 Å². The Balaban J connectivity index is 1.65. The van der Waals surface area contributed by atoms with E-state index in [0.717, 1.165) is 40.8 Å². The van der Waals surface area contributed by atoms with Crippen LogP contribution >= 0.6 is 22.9 Å². The lowest BCUT2D eigenvalue weighted by Crippen LogP contribution is -2.38. The molecule has 4 nitrogen and oxygen atoms in total. The number of halogens is 1. The van der Waals surface area contributed by atoms with Gasteiger partial charge in [-0.2, -0.15) is 0 Å². The highest BCUT2D eigenvalue weighted by atomic mass is 35.5. The van der Waals surface area contributed by atoms with Crippen molar-refractivity contribution in [2.75, 3.05) is 0 Å². The Hall–Kier alpha value is -3.41. The lowest BCUT2D eigenvalue weighted by atomic mass is 9.83. The topological polar surface area (TPSA) is 54.6 Å². The Kier molecular flexibility index (Phi) is 4.82. The van der Waals surface area contributed by atoms with Gasteiger partial charge >= 0.3 is 0 Å². The monoisotopic (exact) mass is 470 g/mol. The molecule has 1 atom stereocenters. The van der Waals surface area contributed by atoms with Gasteiger partial charge in [0.15, 0.2) is 4.80 Å². The molecule has 2 heterocycles. The highest BCUT2D eigenvalue weighted by Crippen LogP contribution is 2.42. The van der Waals surface area contributed by atoms with E-state index in [1.807, 2.05) is 42.5 Å². The van der Waals surface area contributed by atoms with E-state index in [-0.39, 0.29) is 17.4 Å². The number of aromatic hydroxyl groups is 1. The SMILES string of the molecule is O=c1/c(=C/c2cccc(O)c2)sc2n1[C@H](c1ccccc1Cl)C1=C(N=2)c2ccccc2CC1. The van der Waals surface area contributed by atoms with Gasteiger partial charge in [0.05, 0.1) is 16.3 Å². The number of fused-ring (bicyclic) bond motifs is 3. The summed E-state index contributed by atoms with van der Waals surface area (Å²) in [6, 6.07) is 22.7. The van der Waals surface area contributed by atoms with Crippen molar-refractivity contribution in [3.63, 3.8) is 0 Å². The lowest BCUT2D eigenvalue weighted by Gasteiger charge is -2.31. The van der Waals surface area contributed by atoms with Crippen LogP contribution in [-0.2, 0) is 6.42 Å². The maximum absolute atomic E-state index is 13.7. The van der Waals surface area contributed by atoms with Gasteiger partial charge in [0.25, 0.3) is 5.56 Å². The van der Waals surface area contributed by atoms with Crippen LogP contribution < -0.4 is 14.9 Å². The quantitative estimate of drug-likeness (QED) is 0.462. The number of rotatable bonds is 2. The molecule has 0 fully saturated rings. The van der Waals surface area contributed by atoms with E-state index in [0.29, 0.717) is 14.4 Å². The number of thiazole rings is 1. The normalized spacial score (nSPS) is 17.2. The second kappa shape index (κ2) is 7.87. The summed E-state index contributed by atoms with van der Waals surface area (Å²) in [6.07, 6.45) is 3.53. The number of allylic oxidation sites excluding steroid dienone is 1. The van der Waals surface area contributed by atoms with Crippen LogP contribution in [0.5, 0.6) is 5.75 Å². The van der Waals surface area contributed by atoms with Crippen LogP contribution in [0.1, 0.15) is 34.7 Å².